The molecule has 1 aliphatic heterocycles. The number of hydrogen-bond acceptors (Lipinski definition) is 4. The van der Waals surface area contributed by atoms with Gasteiger partial charge in [-0.05, 0) is 5.56 Å². The fourth-order valence-corrected chi connectivity index (χ4v) is 2.09. The van der Waals surface area contributed by atoms with Crippen LogP contribution in [0.5, 0.6) is 0 Å². The van der Waals surface area contributed by atoms with Crippen molar-refractivity contribution in [2.24, 2.45) is 5.92 Å². The first-order chi connectivity index (χ1) is 9.61. The summed E-state index contributed by atoms with van der Waals surface area (Å²) < 4.78 is 4.72. The highest BCUT2D eigenvalue weighted by Crippen LogP contribution is 2.17. The molecule has 1 fully saturated rings. The fraction of sp³-hybridized carbons (Fsp3) is 0.357. The highest BCUT2D eigenvalue weighted by molar-refractivity contribution is 5.91. The molecule has 2 rings (SSSR count). The van der Waals surface area contributed by atoms with Gasteiger partial charge in [0.2, 0.25) is 11.8 Å². The second-order valence-corrected chi connectivity index (χ2v) is 4.58. The number of carbonyl (C=O) groups is 3. The van der Waals surface area contributed by atoms with Gasteiger partial charge in [0.25, 0.3) is 0 Å². The van der Waals surface area contributed by atoms with Gasteiger partial charge in [-0.15, -0.1) is 0 Å². The molecule has 0 saturated carbocycles. The Bertz CT molecular complexity index is 515. The lowest BCUT2D eigenvalue weighted by molar-refractivity contribution is -0.145. The quantitative estimate of drug-likeness (QED) is 0.767. The molecular weight excluding hydrogens is 260 g/mol. The zero-order chi connectivity index (χ0) is 14.5. The predicted octanol–water partition coefficient (Wildman–Crippen LogP) is 0.153. The molecule has 1 aliphatic rings. The van der Waals surface area contributed by atoms with E-state index in [0.29, 0.717) is 12.1 Å². The van der Waals surface area contributed by atoms with Gasteiger partial charge < -0.3 is 15.4 Å². The Balaban J connectivity index is 2.10. The van der Waals surface area contributed by atoms with Gasteiger partial charge >= 0.3 is 5.97 Å². The average Bonchev–Trinajstić information content (AvgIpc) is 2.91. The van der Waals surface area contributed by atoms with Gasteiger partial charge in [-0.3, -0.25) is 9.59 Å². The van der Waals surface area contributed by atoms with Gasteiger partial charge in [0.05, 0.1) is 13.0 Å². The number of amides is 2. The Kier molecular flexibility index (Phi) is 4.34. The van der Waals surface area contributed by atoms with Crippen LogP contribution in [-0.4, -0.2) is 31.4 Å². The molecule has 2 N–H and O–H groups in total. The molecule has 0 bridgehead atoms. The highest BCUT2D eigenvalue weighted by Gasteiger charge is 2.31. The van der Waals surface area contributed by atoms with Crippen molar-refractivity contribution in [2.75, 3.05) is 13.7 Å². The number of esters is 1. The van der Waals surface area contributed by atoms with Crippen molar-refractivity contribution in [3.63, 3.8) is 0 Å². The van der Waals surface area contributed by atoms with Crippen LogP contribution < -0.4 is 10.6 Å². The number of benzene rings is 1. The standard InChI is InChI=1S/C14H16N2O4/c1-20-14(19)12(9-5-3-2-4-6-9)16-13(18)10-7-11(17)15-8-10/h2-6,10,12H,7-8H2,1H3,(H,15,17)(H,16,18). The fourth-order valence-electron chi connectivity index (χ4n) is 2.09. The Morgan fingerprint density at radius 1 is 1.35 bits per heavy atom. The largest absolute Gasteiger partial charge is 0.467 e. The maximum Gasteiger partial charge on any atom is 0.333 e. The summed E-state index contributed by atoms with van der Waals surface area (Å²) in [5, 5.41) is 5.23. The van der Waals surface area contributed by atoms with Crippen LogP contribution >= 0.6 is 0 Å². The van der Waals surface area contributed by atoms with E-state index in [1.54, 1.807) is 24.3 Å². The summed E-state index contributed by atoms with van der Waals surface area (Å²) >= 11 is 0. The molecule has 0 aromatic heterocycles. The van der Waals surface area contributed by atoms with Gasteiger partial charge in [0.1, 0.15) is 0 Å². The SMILES string of the molecule is COC(=O)C(NC(=O)C1CNC(=O)C1)c1ccccc1. The third kappa shape index (κ3) is 3.14. The lowest BCUT2D eigenvalue weighted by Crippen LogP contribution is -2.38. The molecule has 106 valence electrons. The number of carbonyl (C=O) groups excluding carboxylic acids is 3. The third-order valence-electron chi connectivity index (χ3n) is 3.20. The summed E-state index contributed by atoms with van der Waals surface area (Å²) in [6, 6.07) is 7.99. The monoisotopic (exact) mass is 276 g/mol. The molecule has 1 aromatic carbocycles. The van der Waals surface area contributed by atoms with E-state index in [2.05, 4.69) is 10.6 Å². The maximum atomic E-state index is 12.1. The van der Waals surface area contributed by atoms with Crippen molar-refractivity contribution >= 4 is 17.8 Å². The van der Waals surface area contributed by atoms with Crippen molar-refractivity contribution in [2.45, 2.75) is 12.5 Å². The normalized spacial score (nSPS) is 19.1. The van der Waals surface area contributed by atoms with Crippen LogP contribution in [0.15, 0.2) is 30.3 Å². The molecule has 1 aromatic rings. The van der Waals surface area contributed by atoms with Gasteiger partial charge in [-0.25, -0.2) is 4.79 Å². The smallest absolute Gasteiger partial charge is 0.333 e. The van der Waals surface area contributed by atoms with Crippen LogP contribution in [0, 0.1) is 5.92 Å². The first-order valence-corrected chi connectivity index (χ1v) is 6.31. The number of hydrogen-bond donors (Lipinski definition) is 2. The molecule has 1 saturated heterocycles. The maximum absolute atomic E-state index is 12.1. The predicted molar refractivity (Wildman–Crippen MR) is 70.5 cm³/mol. The first-order valence-electron chi connectivity index (χ1n) is 6.31. The van der Waals surface area contributed by atoms with Gasteiger partial charge in [-0.1, -0.05) is 30.3 Å². The van der Waals surface area contributed by atoms with Crippen molar-refractivity contribution in [3.8, 4) is 0 Å². The molecule has 2 atom stereocenters. The van der Waals surface area contributed by atoms with E-state index in [9.17, 15) is 14.4 Å². The lowest BCUT2D eigenvalue weighted by atomic mass is 10.0. The van der Waals surface area contributed by atoms with Crippen LogP contribution in [-0.2, 0) is 19.1 Å². The summed E-state index contributed by atoms with van der Waals surface area (Å²) in [6.45, 7) is 0.299. The molecule has 1 heterocycles. The molecule has 0 radical (unpaired) electrons. The summed E-state index contributed by atoms with van der Waals surface area (Å²) in [4.78, 5) is 35.0. The molecule has 2 amide bonds. The number of rotatable bonds is 4. The lowest BCUT2D eigenvalue weighted by Gasteiger charge is -2.18. The molecule has 0 spiro atoms. The van der Waals surface area contributed by atoms with Crippen LogP contribution in [0.3, 0.4) is 0 Å². The van der Waals surface area contributed by atoms with Gasteiger partial charge in [-0.2, -0.15) is 0 Å². The zero-order valence-electron chi connectivity index (χ0n) is 11.1. The molecule has 6 heteroatoms. The van der Waals surface area contributed by atoms with E-state index in [0.717, 1.165) is 0 Å². The van der Waals surface area contributed by atoms with Crippen LogP contribution in [0.25, 0.3) is 0 Å². The van der Waals surface area contributed by atoms with E-state index < -0.39 is 17.9 Å². The summed E-state index contributed by atoms with van der Waals surface area (Å²) in [7, 11) is 1.27. The van der Waals surface area contributed by atoms with Crippen LogP contribution in [0.1, 0.15) is 18.0 Å². The second kappa shape index (κ2) is 6.18. The van der Waals surface area contributed by atoms with E-state index in [4.69, 9.17) is 4.74 Å². The van der Waals surface area contributed by atoms with Crippen molar-refractivity contribution in [1.29, 1.82) is 0 Å². The molecular formula is C14H16N2O4. The van der Waals surface area contributed by atoms with E-state index in [1.165, 1.54) is 7.11 Å². The Morgan fingerprint density at radius 2 is 2.05 bits per heavy atom. The van der Waals surface area contributed by atoms with Gasteiger partial charge in [0, 0.05) is 13.0 Å². The van der Waals surface area contributed by atoms with Crippen molar-refractivity contribution in [1.82, 2.24) is 10.6 Å². The minimum atomic E-state index is -0.857. The van der Waals surface area contributed by atoms with E-state index >= 15 is 0 Å². The Hall–Kier alpha value is -2.37. The minimum Gasteiger partial charge on any atom is -0.467 e. The Morgan fingerprint density at radius 3 is 2.60 bits per heavy atom. The minimum absolute atomic E-state index is 0.147. The molecule has 0 aliphatic carbocycles. The number of ether oxygens (including phenoxy) is 1. The first kappa shape index (κ1) is 14.0. The van der Waals surface area contributed by atoms with Crippen LogP contribution in [0.4, 0.5) is 0 Å². The average molecular weight is 276 g/mol. The van der Waals surface area contributed by atoms with Crippen molar-refractivity contribution in [3.05, 3.63) is 35.9 Å². The summed E-state index contributed by atoms with van der Waals surface area (Å²) in [6.07, 6.45) is 0.147. The number of methoxy groups -OCH3 is 1. The molecule has 20 heavy (non-hydrogen) atoms. The number of nitrogens with one attached hydrogen (secondary N) is 2. The summed E-state index contributed by atoms with van der Waals surface area (Å²) in [5.74, 6) is -1.47. The Labute approximate surface area is 116 Å². The summed E-state index contributed by atoms with van der Waals surface area (Å²) in [5.41, 5.74) is 0.644. The highest BCUT2D eigenvalue weighted by atomic mass is 16.5. The van der Waals surface area contributed by atoms with Crippen molar-refractivity contribution < 1.29 is 19.1 Å². The zero-order valence-corrected chi connectivity index (χ0v) is 11.1. The topological polar surface area (TPSA) is 84.5 Å². The molecule has 6 nitrogen and oxygen atoms in total. The second-order valence-electron chi connectivity index (χ2n) is 4.58. The third-order valence-corrected chi connectivity index (χ3v) is 3.20. The van der Waals surface area contributed by atoms with Crippen LogP contribution in [0.2, 0.25) is 0 Å². The van der Waals surface area contributed by atoms with E-state index in [1.807, 2.05) is 6.07 Å². The van der Waals surface area contributed by atoms with Gasteiger partial charge in [0.15, 0.2) is 6.04 Å². The molecule has 2 unspecified atom stereocenters. The van der Waals surface area contributed by atoms with E-state index in [-0.39, 0.29) is 18.2 Å².